The lowest BCUT2D eigenvalue weighted by atomic mass is 10.1. The number of nitrogens with one attached hydrogen (secondary N) is 2. The van der Waals surface area contributed by atoms with Crippen molar-refractivity contribution in [2.24, 2.45) is 0 Å². The fourth-order valence-corrected chi connectivity index (χ4v) is 3.20. The highest BCUT2D eigenvalue weighted by molar-refractivity contribution is 6.31. The largest absolute Gasteiger partial charge is 0.494 e. The van der Waals surface area contributed by atoms with Crippen molar-refractivity contribution in [1.29, 1.82) is 0 Å². The van der Waals surface area contributed by atoms with Crippen LogP contribution in [-0.2, 0) is 4.79 Å². The SMILES string of the molecule is CCCCOc1ccc(NC(=O)COc2ccccc2C(=O)Nc2cccc(Cl)c2C)cc1. The molecule has 3 rings (SSSR count). The number of amides is 2. The van der Waals surface area contributed by atoms with Gasteiger partial charge >= 0.3 is 0 Å². The molecule has 0 heterocycles. The molecule has 0 aliphatic heterocycles. The lowest BCUT2D eigenvalue weighted by Gasteiger charge is -2.13. The van der Waals surface area contributed by atoms with E-state index in [4.69, 9.17) is 21.1 Å². The summed E-state index contributed by atoms with van der Waals surface area (Å²) in [5, 5.41) is 6.18. The minimum absolute atomic E-state index is 0.241. The van der Waals surface area contributed by atoms with Crippen LogP contribution in [0.5, 0.6) is 11.5 Å². The standard InChI is InChI=1S/C26H27ClN2O4/c1-3-4-16-32-20-14-12-19(13-15-20)28-25(30)17-33-24-11-6-5-8-21(24)26(31)29-23-10-7-9-22(27)18(23)2/h5-15H,3-4,16-17H2,1-2H3,(H,28,30)(H,29,31). The van der Waals surface area contributed by atoms with Crippen LogP contribution >= 0.6 is 11.6 Å². The van der Waals surface area contributed by atoms with E-state index in [1.54, 1.807) is 54.6 Å². The Morgan fingerprint density at radius 1 is 0.909 bits per heavy atom. The maximum atomic E-state index is 12.8. The molecule has 3 aromatic carbocycles. The van der Waals surface area contributed by atoms with Crippen LogP contribution in [0.15, 0.2) is 66.7 Å². The number of benzene rings is 3. The first kappa shape index (κ1) is 24.1. The summed E-state index contributed by atoms with van der Waals surface area (Å²) in [5.74, 6) is 0.377. The van der Waals surface area contributed by atoms with Crippen molar-refractivity contribution >= 4 is 34.8 Å². The second kappa shape index (κ2) is 11.9. The molecule has 6 nitrogen and oxygen atoms in total. The third kappa shape index (κ3) is 6.99. The highest BCUT2D eigenvalue weighted by atomic mass is 35.5. The van der Waals surface area contributed by atoms with Crippen LogP contribution in [0, 0.1) is 6.92 Å². The number of unbranched alkanes of at least 4 members (excludes halogenated alkanes) is 1. The van der Waals surface area contributed by atoms with Crippen molar-refractivity contribution in [3.63, 3.8) is 0 Å². The Labute approximate surface area is 198 Å². The fourth-order valence-electron chi connectivity index (χ4n) is 3.02. The van der Waals surface area contributed by atoms with E-state index < -0.39 is 0 Å². The molecule has 3 aromatic rings. The van der Waals surface area contributed by atoms with E-state index in [0.717, 1.165) is 24.2 Å². The summed E-state index contributed by atoms with van der Waals surface area (Å²) in [6, 6.07) is 19.2. The van der Waals surface area contributed by atoms with Crippen LogP contribution < -0.4 is 20.1 Å². The van der Waals surface area contributed by atoms with Crippen molar-refractivity contribution in [2.45, 2.75) is 26.7 Å². The van der Waals surface area contributed by atoms with Crippen molar-refractivity contribution in [2.75, 3.05) is 23.8 Å². The van der Waals surface area contributed by atoms with Crippen molar-refractivity contribution in [1.82, 2.24) is 0 Å². The van der Waals surface area contributed by atoms with Gasteiger partial charge in [-0.15, -0.1) is 0 Å². The average Bonchev–Trinajstić information content (AvgIpc) is 2.82. The van der Waals surface area contributed by atoms with Gasteiger partial charge in [-0.25, -0.2) is 0 Å². The number of carbonyl (C=O) groups is 2. The predicted octanol–water partition coefficient (Wildman–Crippen LogP) is 6.10. The monoisotopic (exact) mass is 466 g/mol. The molecule has 0 saturated heterocycles. The molecule has 0 unspecified atom stereocenters. The summed E-state index contributed by atoms with van der Waals surface area (Å²) in [5.41, 5.74) is 2.33. The van der Waals surface area contributed by atoms with Crippen molar-refractivity contribution in [3.8, 4) is 11.5 Å². The molecule has 0 aliphatic rings. The van der Waals surface area contributed by atoms with Gasteiger partial charge in [0.15, 0.2) is 6.61 Å². The number of halogens is 1. The van der Waals surface area contributed by atoms with E-state index in [-0.39, 0.29) is 18.4 Å². The van der Waals surface area contributed by atoms with Crippen LogP contribution in [0.2, 0.25) is 5.02 Å². The molecule has 0 bridgehead atoms. The first-order valence-corrected chi connectivity index (χ1v) is 11.2. The Bertz CT molecular complexity index is 1100. The Kier molecular flexibility index (Phi) is 8.72. The van der Waals surface area contributed by atoms with Gasteiger partial charge in [0.05, 0.1) is 12.2 Å². The van der Waals surface area contributed by atoms with Gasteiger partial charge in [-0.05, 0) is 67.4 Å². The molecule has 2 amide bonds. The van der Waals surface area contributed by atoms with E-state index in [2.05, 4.69) is 17.6 Å². The van der Waals surface area contributed by atoms with Gasteiger partial charge in [-0.3, -0.25) is 9.59 Å². The van der Waals surface area contributed by atoms with Gasteiger partial charge in [0.1, 0.15) is 11.5 Å². The van der Waals surface area contributed by atoms with E-state index in [0.29, 0.717) is 34.3 Å². The van der Waals surface area contributed by atoms with E-state index >= 15 is 0 Å². The van der Waals surface area contributed by atoms with Crippen LogP contribution in [-0.4, -0.2) is 25.0 Å². The van der Waals surface area contributed by atoms with Gasteiger partial charge in [0.25, 0.3) is 11.8 Å². The molecule has 0 aromatic heterocycles. The lowest BCUT2D eigenvalue weighted by Crippen LogP contribution is -2.21. The second-order valence-electron chi connectivity index (χ2n) is 7.43. The number of ether oxygens (including phenoxy) is 2. The summed E-state index contributed by atoms with van der Waals surface area (Å²) in [7, 11) is 0. The third-order valence-electron chi connectivity index (χ3n) is 4.91. The number of rotatable bonds is 10. The fraction of sp³-hybridized carbons (Fsp3) is 0.231. The molecule has 0 radical (unpaired) electrons. The van der Waals surface area contributed by atoms with Crippen LogP contribution in [0.4, 0.5) is 11.4 Å². The molecule has 0 fully saturated rings. The number of anilines is 2. The van der Waals surface area contributed by atoms with Gasteiger partial charge in [0, 0.05) is 16.4 Å². The van der Waals surface area contributed by atoms with Crippen LogP contribution in [0.25, 0.3) is 0 Å². The molecule has 0 aliphatic carbocycles. The quantitative estimate of drug-likeness (QED) is 0.354. The van der Waals surface area contributed by atoms with E-state index in [9.17, 15) is 9.59 Å². The van der Waals surface area contributed by atoms with Gasteiger partial charge in [-0.1, -0.05) is 43.1 Å². The topological polar surface area (TPSA) is 76.7 Å². The highest BCUT2D eigenvalue weighted by Gasteiger charge is 2.15. The zero-order valence-electron chi connectivity index (χ0n) is 18.7. The molecule has 0 spiro atoms. The minimum atomic E-state index is -0.352. The summed E-state index contributed by atoms with van der Waals surface area (Å²) >= 11 is 6.14. The Hall–Kier alpha value is -3.51. The van der Waals surface area contributed by atoms with E-state index in [1.165, 1.54) is 0 Å². The number of hydrogen-bond donors (Lipinski definition) is 2. The molecule has 172 valence electrons. The molecule has 0 saturated carbocycles. The zero-order valence-corrected chi connectivity index (χ0v) is 19.4. The van der Waals surface area contributed by atoms with E-state index in [1.807, 2.05) is 19.1 Å². The summed E-state index contributed by atoms with van der Waals surface area (Å²) in [6.07, 6.45) is 2.06. The molecular weight excluding hydrogens is 440 g/mol. The molecule has 33 heavy (non-hydrogen) atoms. The first-order chi connectivity index (χ1) is 16.0. The minimum Gasteiger partial charge on any atom is -0.494 e. The van der Waals surface area contributed by atoms with Crippen LogP contribution in [0.1, 0.15) is 35.7 Å². The van der Waals surface area contributed by atoms with Crippen molar-refractivity contribution < 1.29 is 19.1 Å². The zero-order chi connectivity index (χ0) is 23.6. The van der Waals surface area contributed by atoms with Gasteiger partial charge < -0.3 is 20.1 Å². The Balaban J connectivity index is 1.57. The van der Waals surface area contributed by atoms with Crippen molar-refractivity contribution in [3.05, 3.63) is 82.9 Å². The summed E-state index contributed by atoms with van der Waals surface area (Å²) < 4.78 is 11.3. The normalized spacial score (nSPS) is 10.4. The number of hydrogen-bond acceptors (Lipinski definition) is 4. The average molecular weight is 467 g/mol. The van der Waals surface area contributed by atoms with Crippen LogP contribution in [0.3, 0.4) is 0 Å². The summed E-state index contributed by atoms with van der Waals surface area (Å²) in [6.45, 7) is 4.36. The lowest BCUT2D eigenvalue weighted by molar-refractivity contribution is -0.118. The van der Waals surface area contributed by atoms with Gasteiger partial charge in [-0.2, -0.15) is 0 Å². The maximum Gasteiger partial charge on any atom is 0.262 e. The second-order valence-corrected chi connectivity index (χ2v) is 7.83. The number of para-hydroxylation sites is 1. The smallest absolute Gasteiger partial charge is 0.262 e. The Morgan fingerprint density at radius 3 is 2.42 bits per heavy atom. The highest BCUT2D eigenvalue weighted by Crippen LogP contribution is 2.25. The van der Waals surface area contributed by atoms with Gasteiger partial charge in [0.2, 0.25) is 0 Å². The Morgan fingerprint density at radius 2 is 1.67 bits per heavy atom. The third-order valence-corrected chi connectivity index (χ3v) is 5.32. The molecular formula is C26H27ClN2O4. The maximum absolute atomic E-state index is 12.8. The predicted molar refractivity (Wildman–Crippen MR) is 132 cm³/mol. The molecule has 2 N–H and O–H groups in total. The molecule has 0 atom stereocenters. The summed E-state index contributed by atoms with van der Waals surface area (Å²) in [4.78, 5) is 25.2. The molecule has 7 heteroatoms. The number of carbonyl (C=O) groups excluding carboxylic acids is 2. The first-order valence-electron chi connectivity index (χ1n) is 10.8.